The van der Waals surface area contributed by atoms with Crippen LogP contribution in [0.15, 0.2) is 15.1 Å². The Balaban J connectivity index is 2.81. The maximum Gasteiger partial charge on any atom is 0.322 e. The number of aromatic amines is 1. The van der Waals surface area contributed by atoms with Crippen LogP contribution in [0.3, 0.4) is 0 Å². The van der Waals surface area contributed by atoms with E-state index in [1.807, 2.05) is 0 Å². The summed E-state index contributed by atoms with van der Waals surface area (Å²) in [6, 6.07) is 0. The van der Waals surface area contributed by atoms with E-state index in [1.54, 1.807) is 6.26 Å². The fourth-order valence-corrected chi connectivity index (χ4v) is 1.26. The molecule has 0 aromatic carbocycles. The molecule has 1 N–H and O–H groups in total. The molecule has 2 aromatic rings. The lowest BCUT2D eigenvalue weighted by Gasteiger charge is -1.88. The van der Waals surface area contributed by atoms with Gasteiger partial charge in [-0.3, -0.25) is 9.89 Å². The van der Waals surface area contributed by atoms with E-state index in [2.05, 4.69) is 25.5 Å². The second-order valence-corrected chi connectivity index (χ2v) is 3.08. The second-order valence-electron chi connectivity index (χ2n) is 2.29. The van der Waals surface area contributed by atoms with Crippen molar-refractivity contribution in [2.45, 2.75) is 5.16 Å². The lowest BCUT2D eigenvalue weighted by molar-refractivity contribution is 0.823. The van der Waals surface area contributed by atoms with Crippen molar-refractivity contribution in [1.29, 1.82) is 0 Å². The molecular weight excluding hydrogens is 208 g/mol. The van der Waals surface area contributed by atoms with Gasteiger partial charge in [0.1, 0.15) is 0 Å². The minimum absolute atomic E-state index is 0.117. The second kappa shape index (κ2) is 3.18. The molecule has 0 atom stereocenters. The van der Waals surface area contributed by atoms with Crippen LogP contribution in [0, 0.1) is 4.91 Å². The van der Waals surface area contributed by atoms with Gasteiger partial charge < -0.3 is 0 Å². The van der Waals surface area contributed by atoms with Crippen molar-refractivity contribution >= 4 is 23.4 Å². The van der Waals surface area contributed by atoms with Gasteiger partial charge in [0, 0.05) is 0 Å². The number of aromatic nitrogens is 5. The Bertz CT molecular complexity index is 545. The lowest BCUT2D eigenvalue weighted by Crippen LogP contribution is -2.16. The van der Waals surface area contributed by atoms with Crippen molar-refractivity contribution in [2.75, 3.05) is 6.26 Å². The van der Waals surface area contributed by atoms with Crippen molar-refractivity contribution in [3.63, 3.8) is 0 Å². The average molecular weight is 212 g/mol. The van der Waals surface area contributed by atoms with Crippen molar-refractivity contribution in [3.05, 3.63) is 15.3 Å². The molecule has 0 saturated heterocycles. The standard InChI is InChI=1S/C5H4N6O2S/c1-14-5-6-4-8-7-2(10-13)3(12)11(4)9-5/h1H3,(H,6,8,9). The molecule has 8 nitrogen and oxygen atoms in total. The molecule has 0 spiro atoms. The molecule has 0 aliphatic heterocycles. The Hall–Kier alpha value is -1.77. The summed E-state index contributed by atoms with van der Waals surface area (Å²) in [7, 11) is 0. The number of H-pyrrole nitrogens is 1. The molecule has 2 heterocycles. The van der Waals surface area contributed by atoms with Crippen molar-refractivity contribution in [1.82, 2.24) is 24.8 Å². The van der Waals surface area contributed by atoms with Crippen LogP contribution in [0.1, 0.15) is 0 Å². The highest BCUT2D eigenvalue weighted by atomic mass is 32.2. The molecule has 2 rings (SSSR count). The van der Waals surface area contributed by atoms with Crippen LogP contribution in [0.5, 0.6) is 0 Å². The molecule has 0 amide bonds. The molecule has 0 saturated carbocycles. The van der Waals surface area contributed by atoms with Gasteiger partial charge in [-0.05, 0) is 11.4 Å². The van der Waals surface area contributed by atoms with Crippen LogP contribution in [0.25, 0.3) is 5.78 Å². The summed E-state index contributed by atoms with van der Waals surface area (Å²) in [5.41, 5.74) is -0.655. The zero-order valence-electron chi connectivity index (χ0n) is 6.96. The van der Waals surface area contributed by atoms with E-state index < -0.39 is 11.4 Å². The number of hydrogen-bond acceptors (Lipinski definition) is 7. The molecule has 9 heteroatoms. The first-order valence-corrected chi connectivity index (χ1v) is 4.71. The molecule has 2 aromatic heterocycles. The monoisotopic (exact) mass is 212 g/mol. The Labute approximate surface area is 80.7 Å². The Morgan fingerprint density at radius 1 is 1.50 bits per heavy atom. The number of rotatable bonds is 2. The van der Waals surface area contributed by atoms with E-state index in [-0.39, 0.29) is 5.78 Å². The molecule has 0 fully saturated rings. The molecular formula is C5H4N6O2S. The smallest absolute Gasteiger partial charge is 0.266 e. The maximum absolute atomic E-state index is 11.4. The van der Waals surface area contributed by atoms with Gasteiger partial charge in [-0.1, -0.05) is 11.8 Å². The van der Waals surface area contributed by atoms with E-state index in [0.29, 0.717) is 5.16 Å². The summed E-state index contributed by atoms with van der Waals surface area (Å²) in [5, 5.41) is 12.5. The van der Waals surface area contributed by atoms with Gasteiger partial charge in [0.15, 0.2) is 5.16 Å². The predicted octanol–water partition coefficient (Wildman–Crippen LogP) is -0.0676. The SMILES string of the molecule is CSc1nc2nnc(N=O)c(=O)n2[nH]1. The number of fused-ring (bicyclic) bond motifs is 1. The highest BCUT2D eigenvalue weighted by molar-refractivity contribution is 7.98. The van der Waals surface area contributed by atoms with E-state index in [4.69, 9.17) is 0 Å². The fraction of sp³-hybridized carbons (Fsp3) is 0.200. The number of thioether (sulfide) groups is 1. The van der Waals surface area contributed by atoms with Crippen molar-refractivity contribution in [2.24, 2.45) is 5.18 Å². The fourth-order valence-electron chi connectivity index (χ4n) is 0.904. The van der Waals surface area contributed by atoms with E-state index in [1.165, 1.54) is 11.8 Å². The Morgan fingerprint density at radius 3 is 2.93 bits per heavy atom. The van der Waals surface area contributed by atoms with Gasteiger partial charge >= 0.3 is 5.56 Å². The normalized spacial score (nSPS) is 10.6. The van der Waals surface area contributed by atoms with Gasteiger partial charge in [0.25, 0.3) is 11.6 Å². The predicted molar refractivity (Wildman–Crippen MR) is 48.6 cm³/mol. The van der Waals surface area contributed by atoms with Crippen LogP contribution in [0.2, 0.25) is 0 Å². The van der Waals surface area contributed by atoms with E-state index >= 15 is 0 Å². The maximum atomic E-state index is 11.4. The Kier molecular flexibility index (Phi) is 2.00. The quantitative estimate of drug-likeness (QED) is 0.551. The van der Waals surface area contributed by atoms with Crippen LogP contribution in [-0.2, 0) is 0 Å². The van der Waals surface area contributed by atoms with Crippen LogP contribution in [-0.4, -0.2) is 31.1 Å². The lowest BCUT2D eigenvalue weighted by atomic mass is 10.7. The summed E-state index contributed by atoms with van der Waals surface area (Å²) in [6.07, 6.45) is 1.79. The number of hydrogen-bond donors (Lipinski definition) is 1. The molecule has 0 aliphatic rings. The minimum atomic E-state index is -0.655. The molecule has 0 unspecified atom stereocenters. The van der Waals surface area contributed by atoms with Crippen LogP contribution >= 0.6 is 11.8 Å². The molecule has 0 radical (unpaired) electrons. The third kappa shape index (κ3) is 1.18. The molecule has 72 valence electrons. The van der Waals surface area contributed by atoms with Gasteiger partial charge in [-0.15, -0.1) is 15.1 Å². The largest absolute Gasteiger partial charge is 0.322 e. The first kappa shape index (κ1) is 8.81. The zero-order valence-corrected chi connectivity index (χ0v) is 7.78. The number of nitrogens with one attached hydrogen (secondary N) is 1. The van der Waals surface area contributed by atoms with Crippen molar-refractivity contribution in [3.8, 4) is 0 Å². The third-order valence-corrected chi connectivity index (χ3v) is 2.09. The minimum Gasteiger partial charge on any atom is -0.266 e. The summed E-state index contributed by atoms with van der Waals surface area (Å²) >= 11 is 1.31. The van der Waals surface area contributed by atoms with Crippen molar-refractivity contribution < 1.29 is 0 Å². The summed E-state index contributed by atoms with van der Waals surface area (Å²) < 4.78 is 1.02. The van der Waals surface area contributed by atoms with Gasteiger partial charge in [0.05, 0.1) is 0 Å². The summed E-state index contributed by atoms with van der Waals surface area (Å²) in [4.78, 5) is 25.4. The van der Waals surface area contributed by atoms with Gasteiger partial charge in [0.2, 0.25) is 0 Å². The molecule has 14 heavy (non-hydrogen) atoms. The molecule has 0 aliphatic carbocycles. The average Bonchev–Trinajstić information content (AvgIpc) is 2.62. The highest BCUT2D eigenvalue weighted by Gasteiger charge is 2.10. The number of nitroso groups, excluding NO2 is 1. The van der Waals surface area contributed by atoms with E-state index in [9.17, 15) is 9.70 Å². The Morgan fingerprint density at radius 2 is 2.29 bits per heavy atom. The summed E-state index contributed by atoms with van der Waals surface area (Å²) in [6.45, 7) is 0. The first-order chi connectivity index (χ1) is 6.76. The van der Waals surface area contributed by atoms with Crippen LogP contribution < -0.4 is 5.56 Å². The number of nitrogens with zero attached hydrogens (tertiary/aromatic N) is 5. The topological polar surface area (TPSA) is 105 Å². The molecule has 0 bridgehead atoms. The third-order valence-electron chi connectivity index (χ3n) is 1.52. The van der Waals surface area contributed by atoms with E-state index in [0.717, 1.165) is 4.52 Å². The van der Waals surface area contributed by atoms with Gasteiger partial charge in [-0.2, -0.15) is 9.50 Å². The highest BCUT2D eigenvalue weighted by Crippen LogP contribution is 2.08. The summed E-state index contributed by atoms with van der Waals surface area (Å²) in [5.74, 6) is -0.370. The van der Waals surface area contributed by atoms with Gasteiger partial charge in [-0.25, -0.2) is 0 Å². The van der Waals surface area contributed by atoms with Crippen LogP contribution in [0.4, 0.5) is 5.82 Å². The first-order valence-electron chi connectivity index (χ1n) is 3.49. The zero-order chi connectivity index (χ0) is 10.1.